The zero-order valence-electron chi connectivity index (χ0n) is 8.54. The Labute approximate surface area is 88.3 Å². The lowest BCUT2D eigenvalue weighted by Crippen LogP contribution is -2.39. The van der Waals surface area contributed by atoms with Gasteiger partial charge < -0.3 is 4.74 Å². The molecule has 0 spiro atoms. The van der Waals surface area contributed by atoms with Crippen LogP contribution in [0.1, 0.15) is 25.6 Å². The molecule has 5 heteroatoms. The third kappa shape index (κ3) is 1.50. The predicted molar refractivity (Wildman–Crippen MR) is 55.8 cm³/mol. The van der Waals surface area contributed by atoms with Gasteiger partial charge in [-0.3, -0.25) is 9.67 Å². The molecule has 1 aliphatic rings. The van der Waals surface area contributed by atoms with E-state index in [0.717, 1.165) is 31.9 Å². The molecule has 0 amide bonds. The fourth-order valence-corrected chi connectivity index (χ4v) is 2.51. The summed E-state index contributed by atoms with van der Waals surface area (Å²) in [6.45, 7) is 5.72. The second kappa shape index (κ2) is 3.47. The summed E-state index contributed by atoms with van der Waals surface area (Å²) in [6, 6.07) is 0. The molecular formula is C9H15N3OS. The van der Waals surface area contributed by atoms with E-state index in [-0.39, 0.29) is 5.54 Å². The summed E-state index contributed by atoms with van der Waals surface area (Å²) in [7, 11) is 0. The fourth-order valence-electron chi connectivity index (χ4n) is 2.11. The van der Waals surface area contributed by atoms with Crippen LogP contribution in [0.3, 0.4) is 0 Å². The minimum absolute atomic E-state index is 0.0214. The number of rotatable bonds is 1. The number of hydrogen-bond donors (Lipinski definition) is 1. The van der Waals surface area contributed by atoms with E-state index in [0.29, 0.717) is 4.77 Å². The van der Waals surface area contributed by atoms with Crippen molar-refractivity contribution in [1.29, 1.82) is 0 Å². The van der Waals surface area contributed by atoms with Crippen LogP contribution in [0.4, 0.5) is 0 Å². The number of nitrogens with zero attached hydrogens (tertiary/aromatic N) is 2. The zero-order valence-corrected chi connectivity index (χ0v) is 9.36. The average Bonchev–Trinajstić information content (AvgIpc) is 2.48. The van der Waals surface area contributed by atoms with Gasteiger partial charge in [0.1, 0.15) is 5.82 Å². The van der Waals surface area contributed by atoms with Crippen LogP contribution >= 0.6 is 12.2 Å². The van der Waals surface area contributed by atoms with Crippen molar-refractivity contribution >= 4 is 12.2 Å². The number of ether oxygens (including phenoxy) is 1. The van der Waals surface area contributed by atoms with Crippen molar-refractivity contribution in [2.24, 2.45) is 0 Å². The Kier molecular flexibility index (Phi) is 2.45. The molecule has 2 heterocycles. The Balaban J connectivity index is 2.41. The molecule has 1 aromatic heterocycles. The Morgan fingerprint density at radius 1 is 1.64 bits per heavy atom. The highest BCUT2D eigenvalue weighted by molar-refractivity contribution is 7.71. The van der Waals surface area contributed by atoms with Crippen molar-refractivity contribution in [3.05, 3.63) is 10.6 Å². The molecule has 1 aliphatic heterocycles. The van der Waals surface area contributed by atoms with Crippen LogP contribution < -0.4 is 0 Å². The normalized spacial score (nSPS) is 27.9. The van der Waals surface area contributed by atoms with Gasteiger partial charge in [0.25, 0.3) is 0 Å². The molecule has 0 aliphatic carbocycles. The number of nitrogens with one attached hydrogen (secondary N) is 1. The van der Waals surface area contributed by atoms with Crippen LogP contribution in [0.5, 0.6) is 0 Å². The van der Waals surface area contributed by atoms with Gasteiger partial charge in [-0.25, -0.2) is 0 Å². The summed E-state index contributed by atoms with van der Waals surface area (Å²) in [4.78, 5) is 0. The Morgan fingerprint density at radius 2 is 2.43 bits per heavy atom. The number of aromatic nitrogens is 3. The van der Waals surface area contributed by atoms with Crippen molar-refractivity contribution in [2.45, 2.75) is 32.2 Å². The number of hydrogen-bond acceptors (Lipinski definition) is 3. The van der Waals surface area contributed by atoms with Gasteiger partial charge in [-0.1, -0.05) is 0 Å². The van der Waals surface area contributed by atoms with Gasteiger partial charge in [-0.15, -0.1) is 0 Å². The summed E-state index contributed by atoms with van der Waals surface area (Å²) in [5.41, 5.74) is -0.0214. The van der Waals surface area contributed by atoms with Crippen molar-refractivity contribution in [1.82, 2.24) is 14.8 Å². The molecule has 0 aromatic carbocycles. The smallest absolute Gasteiger partial charge is 0.195 e. The third-order valence-electron chi connectivity index (χ3n) is 2.80. The summed E-state index contributed by atoms with van der Waals surface area (Å²) < 4.78 is 8.27. The summed E-state index contributed by atoms with van der Waals surface area (Å²) >= 11 is 5.21. The van der Waals surface area contributed by atoms with Crippen molar-refractivity contribution in [3.63, 3.8) is 0 Å². The molecule has 1 unspecified atom stereocenters. The highest BCUT2D eigenvalue weighted by Gasteiger charge is 2.31. The van der Waals surface area contributed by atoms with E-state index in [1.165, 1.54) is 0 Å². The first-order valence-corrected chi connectivity index (χ1v) is 5.26. The summed E-state index contributed by atoms with van der Waals surface area (Å²) in [5, 5.41) is 6.95. The van der Waals surface area contributed by atoms with E-state index >= 15 is 0 Å². The van der Waals surface area contributed by atoms with Crippen LogP contribution in [0.25, 0.3) is 0 Å². The van der Waals surface area contributed by atoms with Crippen LogP contribution in [-0.4, -0.2) is 28.0 Å². The maximum atomic E-state index is 5.51. The molecule has 1 fully saturated rings. The maximum Gasteiger partial charge on any atom is 0.195 e. The second-order valence-corrected chi connectivity index (χ2v) is 4.45. The molecular weight excluding hydrogens is 198 g/mol. The maximum absolute atomic E-state index is 5.51. The molecule has 2 rings (SSSR count). The largest absolute Gasteiger partial charge is 0.379 e. The van der Waals surface area contributed by atoms with E-state index in [2.05, 4.69) is 21.7 Å². The first-order valence-electron chi connectivity index (χ1n) is 4.86. The highest BCUT2D eigenvalue weighted by atomic mass is 32.1. The standard InChI is InChI=1S/C9H15N3OS/c1-7-10-11-8(14)12(7)9(2)4-3-5-13-6-9/h3-6H2,1-2H3,(H,11,14). The van der Waals surface area contributed by atoms with E-state index < -0.39 is 0 Å². The van der Waals surface area contributed by atoms with E-state index in [1.54, 1.807) is 0 Å². The second-order valence-electron chi connectivity index (χ2n) is 4.06. The molecule has 1 aromatic rings. The Hall–Kier alpha value is -0.680. The van der Waals surface area contributed by atoms with Gasteiger partial charge in [-0.05, 0) is 38.9 Å². The first-order chi connectivity index (χ1) is 6.63. The van der Waals surface area contributed by atoms with Crippen LogP contribution in [0.15, 0.2) is 0 Å². The summed E-state index contributed by atoms with van der Waals surface area (Å²) in [6.07, 6.45) is 2.19. The highest BCUT2D eigenvalue weighted by Crippen LogP contribution is 2.27. The van der Waals surface area contributed by atoms with Gasteiger partial charge in [0.2, 0.25) is 0 Å². The molecule has 14 heavy (non-hydrogen) atoms. The minimum atomic E-state index is -0.0214. The van der Waals surface area contributed by atoms with Crippen LogP contribution in [-0.2, 0) is 10.3 Å². The van der Waals surface area contributed by atoms with Gasteiger partial charge >= 0.3 is 0 Å². The number of aromatic amines is 1. The topological polar surface area (TPSA) is 42.8 Å². The first kappa shape index (κ1) is 9.86. The van der Waals surface area contributed by atoms with Crippen molar-refractivity contribution in [3.8, 4) is 0 Å². The lowest BCUT2D eigenvalue weighted by Gasteiger charge is -2.35. The zero-order chi connectivity index (χ0) is 10.2. The molecule has 0 bridgehead atoms. The number of H-pyrrole nitrogens is 1. The van der Waals surface area contributed by atoms with E-state index in [9.17, 15) is 0 Å². The molecule has 1 atom stereocenters. The van der Waals surface area contributed by atoms with Gasteiger partial charge in [0, 0.05) is 6.61 Å². The van der Waals surface area contributed by atoms with E-state index in [4.69, 9.17) is 17.0 Å². The number of aryl methyl sites for hydroxylation is 1. The van der Waals surface area contributed by atoms with Crippen LogP contribution in [0, 0.1) is 11.7 Å². The monoisotopic (exact) mass is 213 g/mol. The third-order valence-corrected chi connectivity index (χ3v) is 3.07. The van der Waals surface area contributed by atoms with Crippen molar-refractivity contribution in [2.75, 3.05) is 13.2 Å². The Bertz CT molecular complexity index is 376. The van der Waals surface area contributed by atoms with Gasteiger partial charge in [0.05, 0.1) is 12.1 Å². The quantitative estimate of drug-likeness (QED) is 0.723. The lowest BCUT2D eigenvalue weighted by atomic mass is 9.94. The average molecular weight is 213 g/mol. The molecule has 1 saturated heterocycles. The summed E-state index contributed by atoms with van der Waals surface area (Å²) in [5.74, 6) is 0.933. The van der Waals surface area contributed by atoms with Crippen molar-refractivity contribution < 1.29 is 4.74 Å². The van der Waals surface area contributed by atoms with Gasteiger partial charge in [-0.2, -0.15) is 5.10 Å². The van der Waals surface area contributed by atoms with E-state index in [1.807, 2.05) is 6.92 Å². The van der Waals surface area contributed by atoms with Crippen LogP contribution in [0.2, 0.25) is 0 Å². The SMILES string of the molecule is Cc1n[nH]c(=S)n1C1(C)CCCOC1. The fraction of sp³-hybridized carbons (Fsp3) is 0.778. The molecule has 0 radical (unpaired) electrons. The molecule has 78 valence electrons. The minimum Gasteiger partial charge on any atom is -0.379 e. The van der Waals surface area contributed by atoms with Gasteiger partial charge in [0.15, 0.2) is 4.77 Å². The molecule has 1 N–H and O–H groups in total. The molecule has 4 nitrogen and oxygen atoms in total. The predicted octanol–water partition coefficient (Wildman–Crippen LogP) is 1.77. The lowest BCUT2D eigenvalue weighted by molar-refractivity contribution is 0.00778. The Morgan fingerprint density at radius 3 is 2.93 bits per heavy atom. The molecule has 0 saturated carbocycles.